The van der Waals surface area contributed by atoms with E-state index in [1.54, 1.807) is 6.92 Å². The van der Waals surface area contributed by atoms with Crippen LogP contribution in [0.2, 0.25) is 0 Å². The van der Waals surface area contributed by atoms with E-state index in [1.165, 1.54) is 5.56 Å². The fourth-order valence-electron chi connectivity index (χ4n) is 4.05. The van der Waals surface area contributed by atoms with Crippen LogP contribution < -0.4 is 10.6 Å². The molecule has 0 saturated carbocycles. The summed E-state index contributed by atoms with van der Waals surface area (Å²) in [5.74, 6) is -0.0343. The lowest BCUT2D eigenvalue weighted by molar-refractivity contribution is -0.122. The minimum atomic E-state index is -0.395. The number of hydrogen-bond acceptors (Lipinski definition) is 5. The second-order valence-corrected chi connectivity index (χ2v) is 8.14. The van der Waals surface area contributed by atoms with Crippen LogP contribution >= 0.6 is 0 Å². The Hall–Kier alpha value is -3.48. The quantitative estimate of drug-likeness (QED) is 0.585. The fraction of sp³-hybridized carbons (Fsp3) is 0.333. The van der Waals surface area contributed by atoms with Gasteiger partial charge in [0, 0.05) is 18.4 Å². The van der Waals surface area contributed by atoms with Crippen molar-refractivity contribution in [2.45, 2.75) is 51.1 Å². The summed E-state index contributed by atoms with van der Waals surface area (Å²) in [7, 11) is 0. The van der Waals surface area contributed by atoms with E-state index in [0.717, 1.165) is 17.5 Å². The van der Waals surface area contributed by atoms with E-state index >= 15 is 0 Å². The second kappa shape index (κ2) is 9.12. The molecule has 0 spiro atoms. The average Bonchev–Trinajstić information content (AvgIpc) is 3.37. The van der Waals surface area contributed by atoms with Crippen LogP contribution in [0, 0.1) is 6.92 Å². The molecule has 1 saturated heterocycles. The van der Waals surface area contributed by atoms with Gasteiger partial charge in [-0.05, 0) is 42.9 Å². The van der Waals surface area contributed by atoms with Gasteiger partial charge in [-0.25, -0.2) is 4.63 Å². The molecule has 0 bridgehead atoms. The molecule has 160 valence electrons. The predicted molar refractivity (Wildman–Crippen MR) is 116 cm³/mol. The topological polar surface area (TPSA) is 97.1 Å². The van der Waals surface area contributed by atoms with Gasteiger partial charge in [0.2, 0.25) is 11.8 Å². The van der Waals surface area contributed by atoms with Crippen molar-refractivity contribution in [2.75, 3.05) is 0 Å². The van der Waals surface area contributed by atoms with Crippen molar-refractivity contribution in [3.8, 4) is 11.1 Å². The number of carbonyl (C=O) groups excluding carboxylic acids is 2. The number of amides is 2. The zero-order valence-electron chi connectivity index (χ0n) is 17.6. The van der Waals surface area contributed by atoms with Crippen molar-refractivity contribution in [1.82, 2.24) is 20.9 Å². The summed E-state index contributed by atoms with van der Waals surface area (Å²) >= 11 is 0. The molecule has 7 nitrogen and oxygen atoms in total. The number of nitrogens with zero attached hydrogens (tertiary/aromatic N) is 2. The van der Waals surface area contributed by atoms with Gasteiger partial charge in [0.25, 0.3) is 0 Å². The molecule has 2 heterocycles. The molecule has 1 atom stereocenters. The normalized spacial score (nSPS) is 18.0. The largest absolute Gasteiger partial charge is 0.350 e. The highest BCUT2D eigenvalue weighted by molar-refractivity contribution is 5.80. The van der Waals surface area contributed by atoms with E-state index in [1.807, 2.05) is 18.2 Å². The van der Waals surface area contributed by atoms with Crippen molar-refractivity contribution in [3.05, 3.63) is 71.5 Å². The van der Waals surface area contributed by atoms with Crippen molar-refractivity contribution >= 4 is 11.8 Å². The number of aromatic nitrogens is 2. The maximum atomic E-state index is 12.4. The van der Waals surface area contributed by atoms with Crippen LogP contribution in [0.15, 0.2) is 59.2 Å². The van der Waals surface area contributed by atoms with Gasteiger partial charge in [-0.2, -0.15) is 0 Å². The van der Waals surface area contributed by atoms with Crippen molar-refractivity contribution in [2.24, 2.45) is 0 Å². The Morgan fingerprint density at radius 1 is 1.10 bits per heavy atom. The third kappa shape index (κ3) is 5.17. The molecule has 7 heteroatoms. The predicted octanol–water partition coefficient (Wildman–Crippen LogP) is 3.33. The van der Waals surface area contributed by atoms with Gasteiger partial charge in [-0.15, -0.1) is 0 Å². The van der Waals surface area contributed by atoms with Gasteiger partial charge in [0.1, 0.15) is 11.4 Å². The van der Waals surface area contributed by atoms with Crippen molar-refractivity contribution < 1.29 is 14.2 Å². The summed E-state index contributed by atoms with van der Waals surface area (Å²) in [5, 5.41) is 13.5. The van der Waals surface area contributed by atoms with E-state index in [4.69, 9.17) is 0 Å². The minimum Gasteiger partial charge on any atom is -0.350 e. The molecule has 0 unspecified atom stereocenters. The summed E-state index contributed by atoms with van der Waals surface area (Å²) in [5.41, 5.74) is 4.37. The number of nitrogens with one attached hydrogen (secondary N) is 2. The first-order valence-electron chi connectivity index (χ1n) is 10.5. The second-order valence-electron chi connectivity index (χ2n) is 8.14. The zero-order chi connectivity index (χ0) is 21.7. The van der Waals surface area contributed by atoms with Gasteiger partial charge in [0.15, 0.2) is 0 Å². The number of rotatable bonds is 8. The summed E-state index contributed by atoms with van der Waals surface area (Å²) in [6.07, 6.45) is 2.83. The summed E-state index contributed by atoms with van der Waals surface area (Å²) in [6.45, 7) is 2.07. The molecule has 3 aromatic rings. The highest BCUT2D eigenvalue weighted by atomic mass is 16.6. The SMILES string of the molecule is Cc1nonc1CNC(=O)CC[C@]1(Cc2ccc(-c3ccccc3)cc2)CCC(=O)N1. The summed E-state index contributed by atoms with van der Waals surface area (Å²) in [4.78, 5) is 24.4. The van der Waals surface area contributed by atoms with Crippen LogP contribution in [0.4, 0.5) is 0 Å². The highest BCUT2D eigenvalue weighted by Crippen LogP contribution is 2.30. The first-order valence-corrected chi connectivity index (χ1v) is 10.5. The maximum absolute atomic E-state index is 12.4. The number of carbonyl (C=O) groups is 2. The number of aryl methyl sites for hydroxylation is 1. The lowest BCUT2D eigenvalue weighted by atomic mass is 9.84. The molecular formula is C24H26N4O3. The Morgan fingerprint density at radius 2 is 1.84 bits per heavy atom. The highest BCUT2D eigenvalue weighted by Gasteiger charge is 2.37. The van der Waals surface area contributed by atoms with Crippen LogP contribution in [0.5, 0.6) is 0 Å². The van der Waals surface area contributed by atoms with Gasteiger partial charge in [-0.3, -0.25) is 9.59 Å². The Bertz CT molecular complexity index is 1050. The van der Waals surface area contributed by atoms with E-state index < -0.39 is 5.54 Å². The average molecular weight is 418 g/mol. The minimum absolute atomic E-state index is 0.0469. The van der Waals surface area contributed by atoms with Crippen LogP contribution in [-0.2, 0) is 22.6 Å². The van der Waals surface area contributed by atoms with Crippen molar-refractivity contribution in [1.29, 1.82) is 0 Å². The van der Waals surface area contributed by atoms with Crippen LogP contribution in [0.25, 0.3) is 11.1 Å². The first-order chi connectivity index (χ1) is 15.0. The smallest absolute Gasteiger partial charge is 0.220 e. The van der Waals surface area contributed by atoms with Gasteiger partial charge < -0.3 is 10.6 Å². The standard InChI is InChI=1S/C24H26N4O3/c1-17-21(28-31-27-17)16-25-22(29)11-13-24(14-12-23(30)26-24)15-18-7-9-20(10-8-18)19-5-3-2-4-6-19/h2-10H,11-16H2,1H3,(H,25,29)(H,26,30)/t24-/m1/s1. The Morgan fingerprint density at radius 3 is 2.48 bits per heavy atom. The fourth-order valence-corrected chi connectivity index (χ4v) is 4.05. The Kier molecular flexibility index (Phi) is 6.11. The van der Waals surface area contributed by atoms with E-state index in [9.17, 15) is 9.59 Å². The molecule has 0 aliphatic carbocycles. The van der Waals surface area contributed by atoms with Crippen LogP contribution in [0.1, 0.15) is 42.6 Å². The third-order valence-electron chi connectivity index (χ3n) is 5.87. The van der Waals surface area contributed by atoms with Gasteiger partial charge >= 0.3 is 0 Å². The molecule has 2 N–H and O–H groups in total. The third-order valence-corrected chi connectivity index (χ3v) is 5.87. The summed E-state index contributed by atoms with van der Waals surface area (Å²) < 4.78 is 4.65. The zero-order valence-corrected chi connectivity index (χ0v) is 17.6. The number of hydrogen-bond donors (Lipinski definition) is 2. The molecule has 31 heavy (non-hydrogen) atoms. The number of benzene rings is 2. The molecule has 1 fully saturated rings. The van der Waals surface area contributed by atoms with E-state index in [0.29, 0.717) is 37.1 Å². The Labute approximate surface area is 181 Å². The molecule has 4 rings (SSSR count). The molecule has 1 aromatic heterocycles. The first kappa shape index (κ1) is 20.8. The maximum Gasteiger partial charge on any atom is 0.220 e. The molecule has 2 aromatic carbocycles. The lowest BCUT2D eigenvalue weighted by Crippen LogP contribution is -2.44. The molecule has 1 aliphatic rings. The Balaban J connectivity index is 1.38. The van der Waals surface area contributed by atoms with Crippen LogP contribution in [-0.4, -0.2) is 27.7 Å². The molecule has 2 amide bonds. The van der Waals surface area contributed by atoms with Gasteiger partial charge in [0.05, 0.1) is 6.54 Å². The van der Waals surface area contributed by atoms with Crippen molar-refractivity contribution in [3.63, 3.8) is 0 Å². The molecular weight excluding hydrogens is 392 g/mol. The van der Waals surface area contributed by atoms with E-state index in [-0.39, 0.29) is 18.4 Å². The van der Waals surface area contributed by atoms with Crippen LogP contribution in [0.3, 0.4) is 0 Å². The lowest BCUT2D eigenvalue weighted by Gasteiger charge is -2.29. The monoisotopic (exact) mass is 418 g/mol. The summed E-state index contributed by atoms with van der Waals surface area (Å²) in [6, 6.07) is 18.7. The molecule has 0 radical (unpaired) electrons. The van der Waals surface area contributed by atoms with Gasteiger partial charge in [-0.1, -0.05) is 64.9 Å². The molecule has 1 aliphatic heterocycles. The van der Waals surface area contributed by atoms with E-state index in [2.05, 4.69) is 62.0 Å².